The fraction of sp³-hybridized carbons (Fsp3) is 0.348. The van der Waals surface area contributed by atoms with Crippen LogP contribution in [-0.2, 0) is 4.79 Å². The van der Waals surface area contributed by atoms with Gasteiger partial charge >= 0.3 is 0 Å². The predicted octanol–water partition coefficient (Wildman–Crippen LogP) is 3.73. The van der Waals surface area contributed by atoms with Gasteiger partial charge in [0.15, 0.2) is 5.13 Å². The Balaban J connectivity index is 0.00000145. The number of para-hydroxylation sites is 1. The van der Waals surface area contributed by atoms with Crippen molar-refractivity contribution in [3.05, 3.63) is 51.7 Å². The first-order chi connectivity index (χ1) is 17.3. The van der Waals surface area contributed by atoms with E-state index in [-0.39, 0.29) is 5.91 Å². The summed E-state index contributed by atoms with van der Waals surface area (Å²) in [5, 5.41) is 17.6. The van der Waals surface area contributed by atoms with Gasteiger partial charge in [0.25, 0.3) is 5.91 Å². The molecule has 0 fully saturated rings. The van der Waals surface area contributed by atoms with Crippen molar-refractivity contribution in [3.8, 4) is 0 Å². The van der Waals surface area contributed by atoms with E-state index in [4.69, 9.17) is 16.8 Å². The Kier molecular flexibility index (Phi) is 12.2. The zero-order valence-electron chi connectivity index (χ0n) is 20.6. The minimum Gasteiger partial charge on any atom is -0.369 e. The quantitative estimate of drug-likeness (QED) is 0.182. The van der Waals surface area contributed by atoms with Gasteiger partial charge in [0.05, 0.1) is 16.9 Å². The summed E-state index contributed by atoms with van der Waals surface area (Å²) >= 11 is 7.42. The van der Waals surface area contributed by atoms with Gasteiger partial charge in [-0.3, -0.25) is 4.79 Å². The van der Waals surface area contributed by atoms with Crippen LogP contribution in [0.5, 0.6) is 0 Å². The van der Waals surface area contributed by atoms with Gasteiger partial charge in [-0.05, 0) is 32.5 Å². The fourth-order valence-electron chi connectivity index (χ4n) is 2.99. The van der Waals surface area contributed by atoms with Gasteiger partial charge in [-0.2, -0.15) is 0 Å². The molecule has 3 aromatic rings. The highest BCUT2D eigenvalue weighted by Crippen LogP contribution is 2.28. The topological polar surface area (TPSA) is 144 Å². The first-order valence-corrected chi connectivity index (χ1v) is 12.3. The monoisotopic (exact) mass is 534 g/mol. The lowest BCUT2D eigenvalue weighted by molar-refractivity contribution is -0.108. The second kappa shape index (κ2) is 15.1. The molecule has 1 aromatic carbocycles. The Morgan fingerprint density at radius 1 is 1.22 bits per heavy atom. The SMILES string of the molecule is CNO.Cc1nc(NCCN(C)CCC=O)cc(Nc2ncc(C(=O)Nc3c(C)cccc3Cl)s2)n1. The van der Waals surface area contributed by atoms with Crippen LogP contribution in [0.3, 0.4) is 0 Å². The molecule has 0 atom stereocenters. The molecule has 0 aliphatic heterocycles. The number of carbonyl (C=O) groups excluding carboxylic acids is 2. The zero-order valence-corrected chi connectivity index (χ0v) is 22.2. The van der Waals surface area contributed by atoms with Gasteiger partial charge in [0, 0.05) is 39.2 Å². The summed E-state index contributed by atoms with van der Waals surface area (Å²) in [6.45, 7) is 5.85. The first kappa shape index (κ1) is 29.1. The lowest BCUT2D eigenvalue weighted by Gasteiger charge is -2.16. The van der Waals surface area contributed by atoms with Crippen molar-refractivity contribution >= 4 is 57.6 Å². The third kappa shape index (κ3) is 9.47. The Hall–Kier alpha value is -3.16. The molecule has 36 heavy (non-hydrogen) atoms. The number of nitrogens with zero attached hydrogens (tertiary/aromatic N) is 4. The van der Waals surface area contributed by atoms with Crippen molar-refractivity contribution in [2.75, 3.05) is 49.7 Å². The number of halogens is 1. The molecular weight excluding hydrogens is 504 g/mol. The molecule has 0 aliphatic rings. The molecule has 2 aromatic heterocycles. The lowest BCUT2D eigenvalue weighted by Crippen LogP contribution is -2.26. The molecule has 0 unspecified atom stereocenters. The van der Waals surface area contributed by atoms with Crippen molar-refractivity contribution in [2.24, 2.45) is 0 Å². The van der Waals surface area contributed by atoms with Crippen LogP contribution in [0.1, 0.15) is 27.5 Å². The summed E-state index contributed by atoms with van der Waals surface area (Å²) in [4.78, 5) is 38.7. The van der Waals surface area contributed by atoms with E-state index in [1.54, 1.807) is 24.5 Å². The molecule has 0 radical (unpaired) electrons. The maximum absolute atomic E-state index is 12.6. The van der Waals surface area contributed by atoms with E-state index in [1.807, 2.05) is 26.1 Å². The Labute approximate surface area is 219 Å². The normalized spacial score (nSPS) is 10.4. The van der Waals surface area contributed by atoms with E-state index in [0.29, 0.717) is 51.1 Å². The molecule has 0 saturated heterocycles. The van der Waals surface area contributed by atoms with Crippen LogP contribution in [-0.4, -0.2) is 71.0 Å². The number of benzene rings is 1. The average molecular weight is 535 g/mol. The predicted molar refractivity (Wildman–Crippen MR) is 144 cm³/mol. The Morgan fingerprint density at radius 3 is 2.64 bits per heavy atom. The number of hydrogen-bond donors (Lipinski definition) is 5. The van der Waals surface area contributed by atoms with E-state index >= 15 is 0 Å². The Morgan fingerprint density at radius 2 is 1.94 bits per heavy atom. The van der Waals surface area contributed by atoms with Crippen LogP contribution in [0.25, 0.3) is 0 Å². The highest BCUT2D eigenvalue weighted by Gasteiger charge is 2.14. The molecule has 1 amide bonds. The maximum atomic E-state index is 12.6. The second-order valence-corrected chi connectivity index (χ2v) is 9.07. The number of aromatic nitrogens is 3. The number of nitrogens with one attached hydrogen (secondary N) is 4. The third-order valence-electron chi connectivity index (χ3n) is 4.69. The van der Waals surface area contributed by atoms with E-state index < -0.39 is 0 Å². The number of carbonyl (C=O) groups is 2. The van der Waals surface area contributed by atoms with Gasteiger partial charge in [-0.1, -0.05) is 35.1 Å². The van der Waals surface area contributed by atoms with E-state index in [0.717, 1.165) is 24.9 Å². The number of amides is 1. The molecule has 0 bridgehead atoms. The minimum absolute atomic E-state index is 0.281. The summed E-state index contributed by atoms with van der Waals surface area (Å²) < 4.78 is 0. The zero-order chi connectivity index (χ0) is 26.5. The number of hydroxylamine groups is 1. The molecule has 0 saturated carbocycles. The smallest absolute Gasteiger partial charge is 0.267 e. The Bertz CT molecular complexity index is 1120. The van der Waals surface area contributed by atoms with Crippen molar-refractivity contribution < 1.29 is 14.8 Å². The van der Waals surface area contributed by atoms with Crippen LogP contribution in [0.4, 0.5) is 22.5 Å². The molecule has 194 valence electrons. The van der Waals surface area contributed by atoms with E-state index in [9.17, 15) is 9.59 Å². The first-order valence-electron chi connectivity index (χ1n) is 11.1. The lowest BCUT2D eigenvalue weighted by atomic mass is 10.2. The number of aryl methyl sites for hydroxylation is 2. The van der Waals surface area contributed by atoms with Crippen LogP contribution in [0.2, 0.25) is 5.02 Å². The fourth-order valence-corrected chi connectivity index (χ4v) is 3.98. The van der Waals surface area contributed by atoms with Gasteiger partial charge in [0.2, 0.25) is 0 Å². The van der Waals surface area contributed by atoms with Gasteiger partial charge < -0.3 is 30.9 Å². The standard InChI is InChI=1S/C22H26ClN7O2S.CH5NO/c1-14-6-4-7-16(23)20(14)29-21(32)17-13-25-22(33-17)28-19-12-18(26-15(2)27-19)24-8-10-30(3)9-5-11-31;1-2-3/h4,6-7,11-13H,5,8-10H2,1-3H3,(H,29,32)(H2,24,25,26,27,28);2-3H,1H3. The molecule has 0 aliphatic carbocycles. The van der Waals surface area contributed by atoms with Crippen molar-refractivity contribution in [1.82, 2.24) is 25.3 Å². The van der Waals surface area contributed by atoms with Crippen LogP contribution in [0.15, 0.2) is 30.5 Å². The third-order valence-corrected chi connectivity index (χ3v) is 5.92. The summed E-state index contributed by atoms with van der Waals surface area (Å²) in [5.74, 6) is 1.57. The van der Waals surface area contributed by atoms with Gasteiger partial charge in [0.1, 0.15) is 28.6 Å². The van der Waals surface area contributed by atoms with Crippen LogP contribution >= 0.6 is 22.9 Å². The highest BCUT2D eigenvalue weighted by molar-refractivity contribution is 7.17. The molecule has 5 N–H and O–H groups in total. The van der Waals surface area contributed by atoms with Crippen molar-refractivity contribution in [3.63, 3.8) is 0 Å². The summed E-state index contributed by atoms with van der Waals surface area (Å²) in [7, 11) is 3.40. The second-order valence-electron chi connectivity index (χ2n) is 7.64. The molecule has 2 heterocycles. The number of rotatable bonds is 11. The molecule has 11 nitrogen and oxygen atoms in total. The summed E-state index contributed by atoms with van der Waals surface area (Å²) in [6.07, 6.45) is 2.95. The van der Waals surface area contributed by atoms with Gasteiger partial charge in [-0.25, -0.2) is 20.4 Å². The maximum Gasteiger partial charge on any atom is 0.267 e. The number of aldehydes is 1. The van der Waals surface area contributed by atoms with E-state index in [2.05, 4.69) is 35.8 Å². The number of thiazole rings is 1. The molecule has 0 spiro atoms. The number of likely N-dealkylation sites (N-methyl/N-ethyl adjacent to an activating group) is 1. The minimum atomic E-state index is -0.281. The number of anilines is 4. The van der Waals surface area contributed by atoms with Crippen molar-refractivity contribution in [2.45, 2.75) is 20.3 Å². The van der Waals surface area contributed by atoms with Crippen molar-refractivity contribution in [1.29, 1.82) is 0 Å². The molecule has 3 rings (SSSR count). The molecule has 13 heteroatoms. The number of hydrogen-bond acceptors (Lipinski definition) is 11. The average Bonchev–Trinajstić information content (AvgIpc) is 3.29. The van der Waals surface area contributed by atoms with Crippen LogP contribution in [0, 0.1) is 13.8 Å². The molecular formula is C23H31ClN8O3S. The summed E-state index contributed by atoms with van der Waals surface area (Å²) in [6, 6.07) is 7.23. The van der Waals surface area contributed by atoms with E-state index in [1.165, 1.54) is 24.6 Å². The highest BCUT2D eigenvalue weighted by atomic mass is 35.5. The van der Waals surface area contributed by atoms with Crippen LogP contribution < -0.4 is 21.4 Å². The largest absolute Gasteiger partial charge is 0.369 e. The van der Waals surface area contributed by atoms with Gasteiger partial charge in [-0.15, -0.1) is 0 Å². The summed E-state index contributed by atoms with van der Waals surface area (Å²) in [5.41, 5.74) is 3.22.